The first-order valence-corrected chi connectivity index (χ1v) is 12.9. The highest BCUT2D eigenvalue weighted by Crippen LogP contribution is 2.34. The predicted molar refractivity (Wildman–Crippen MR) is 126 cm³/mol. The number of benzene rings is 2. The Hall–Kier alpha value is -1.60. The van der Waals surface area contributed by atoms with Gasteiger partial charge in [-0.15, -0.1) is 11.3 Å². The molecule has 3 aromatic rings. The number of halogens is 2. The molecule has 0 N–H and O–H groups in total. The molecule has 0 atom stereocenters. The van der Waals surface area contributed by atoms with Crippen LogP contribution in [0.3, 0.4) is 0 Å². The van der Waals surface area contributed by atoms with Gasteiger partial charge in [0.05, 0.1) is 25.9 Å². The zero-order valence-electron chi connectivity index (χ0n) is 16.7. The molecule has 8 heteroatoms. The highest BCUT2D eigenvalue weighted by atomic mass is 35.5. The van der Waals surface area contributed by atoms with Crippen LogP contribution in [0.4, 0.5) is 5.13 Å². The zero-order valence-corrected chi connectivity index (χ0v) is 19.9. The van der Waals surface area contributed by atoms with Crippen molar-refractivity contribution in [2.24, 2.45) is 0 Å². The minimum absolute atomic E-state index is 0.238. The lowest BCUT2D eigenvalue weighted by molar-refractivity contribution is 0.529. The number of rotatable bonds is 4. The SMILES string of the molecule is Cc1cccc(C)c1-c1csc(N2CCC(S(=O)(=O)c3ccc(Cl)c(Cl)c3)CC2)n1. The van der Waals surface area contributed by atoms with E-state index in [2.05, 4.69) is 42.3 Å². The normalized spacial score (nSPS) is 15.5. The molecule has 4 rings (SSSR count). The summed E-state index contributed by atoms with van der Waals surface area (Å²) in [4.78, 5) is 7.28. The summed E-state index contributed by atoms with van der Waals surface area (Å²) in [6.07, 6.45) is 1.11. The van der Waals surface area contributed by atoms with Crippen LogP contribution in [0.2, 0.25) is 10.0 Å². The summed E-state index contributed by atoms with van der Waals surface area (Å²) < 4.78 is 26.0. The van der Waals surface area contributed by atoms with Crippen molar-refractivity contribution in [1.29, 1.82) is 0 Å². The molecule has 4 nitrogen and oxygen atoms in total. The fraction of sp³-hybridized carbons (Fsp3) is 0.318. The van der Waals surface area contributed by atoms with Crippen molar-refractivity contribution < 1.29 is 8.42 Å². The van der Waals surface area contributed by atoms with Gasteiger partial charge in [-0.1, -0.05) is 41.4 Å². The number of sulfone groups is 1. The van der Waals surface area contributed by atoms with Crippen molar-refractivity contribution in [2.75, 3.05) is 18.0 Å². The molecule has 0 bridgehead atoms. The number of hydrogen-bond donors (Lipinski definition) is 0. The van der Waals surface area contributed by atoms with E-state index in [0.717, 1.165) is 10.8 Å². The Morgan fingerprint density at radius 1 is 1.03 bits per heavy atom. The van der Waals surface area contributed by atoms with Gasteiger partial charge in [0.1, 0.15) is 0 Å². The van der Waals surface area contributed by atoms with Gasteiger partial charge >= 0.3 is 0 Å². The number of nitrogens with zero attached hydrogens (tertiary/aromatic N) is 2. The van der Waals surface area contributed by atoms with E-state index in [9.17, 15) is 8.42 Å². The average Bonchev–Trinajstić information content (AvgIpc) is 3.19. The molecular formula is C22H22Cl2N2O2S2. The largest absolute Gasteiger partial charge is 0.348 e. The second-order valence-corrected chi connectivity index (χ2v) is 11.5. The van der Waals surface area contributed by atoms with Gasteiger partial charge in [-0.05, 0) is 56.0 Å². The lowest BCUT2D eigenvalue weighted by Gasteiger charge is -2.31. The molecule has 0 radical (unpaired) electrons. The first kappa shape index (κ1) is 21.6. The Balaban J connectivity index is 1.49. The number of aryl methyl sites for hydroxylation is 2. The zero-order chi connectivity index (χ0) is 21.5. The minimum atomic E-state index is -3.44. The molecule has 0 aliphatic carbocycles. The third kappa shape index (κ3) is 4.11. The van der Waals surface area contributed by atoms with E-state index in [1.54, 1.807) is 11.3 Å². The van der Waals surface area contributed by atoms with Crippen molar-refractivity contribution in [2.45, 2.75) is 36.8 Å². The van der Waals surface area contributed by atoms with Crippen LogP contribution in [0.5, 0.6) is 0 Å². The van der Waals surface area contributed by atoms with Gasteiger partial charge < -0.3 is 4.90 Å². The van der Waals surface area contributed by atoms with Gasteiger partial charge in [-0.25, -0.2) is 13.4 Å². The maximum Gasteiger partial charge on any atom is 0.185 e. The number of aromatic nitrogens is 1. The van der Waals surface area contributed by atoms with E-state index in [0.29, 0.717) is 31.0 Å². The number of thiazole rings is 1. The van der Waals surface area contributed by atoms with Crippen molar-refractivity contribution in [3.8, 4) is 11.3 Å². The van der Waals surface area contributed by atoms with E-state index >= 15 is 0 Å². The van der Waals surface area contributed by atoms with Crippen LogP contribution in [0, 0.1) is 13.8 Å². The smallest absolute Gasteiger partial charge is 0.185 e. The molecule has 30 heavy (non-hydrogen) atoms. The van der Waals surface area contributed by atoms with Gasteiger partial charge in [0.2, 0.25) is 0 Å². The summed E-state index contributed by atoms with van der Waals surface area (Å²) in [5.74, 6) is 0. The standard InChI is InChI=1S/C22H22Cl2N2O2S2/c1-14-4-3-5-15(2)21(14)20-13-29-22(25-20)26-10-8-16(9-11-26)30(27,28)17-6-7-18(23)19(24)12-17/h3-7,12-13,16H,8-11H2,1-2H3. The quantitative estimate of drug-likeness (QED) is 0.447. The molecule has 1 fully saturated rings. The van der Waals surface area contributed by atoms with E-state index in [1.165, 1.54) is 34.9 Å². The van der Waals surface area contributed by atoms with E-state index in [1.807, 2.05) is 0 Å². The van der Waals surface area contributed by atoms with Crippen LogP contribution in [0.15, 0.2) is 46.7 Å². The van der Waals surface area contributed by atoms with Crippen molar-refractivity contribution >= 4 is 49.5 Å². The Bertz CT molecular complexity index is 1160. The Kier molecular flexibility index (Phi) is 6.13. The van der Waals surface area contributed by atoms with Crippen molar-refractivity contribution in [3.05, 3.63) is 63.0 Å². The predicted octanol–water partition coefficient (Wildman–Crippen LogP) is 6.18. The molecular weight excluding hydrogens is 459 g/mol. The minimum Gasteiger partial charge on any atom is -0.348 e. The summed E-state index contributed by atoms with van der Waals surface area (Å²) in [5.41, 5.74) is 4.57. The van der Waals surface area contributed by atoms with Crippen LogP contribution >= 0.6 is 34.5 Å². The van der Waals surface area contributed by atoms with E-state index in [4.69, 9.17) is 28.2 Å². The number of anilines is 1. The lowest BCUT2D eigenvalue weighted by atomic mass is 10.0. The van der Waals surface area contributed by atoms with E-state index < -0.39 is 15.1 Å². The Morgan fingerprint density at radius 3 is 2.33 bits per heavy atom. The molecule has 1 aromatic heterocycles. The highest BCUT2D eigenvalue weighted by Gasteiger charge is 2.32. The first-order valence-electron chi connectivity index (χ1n) is 9.73. The average molecular weight is 481 g/mol. The van der Waals surface area contributed by atoms with Crippen LogP contribution in [-0.2, 0) is 9.84 Å². The second-order valence-electron chi connectivity index (χ2n) is 7.59. The van der Waals surface area contributed by atoms with Crippen molar-refractivity contribution in [3.63, 3.8) is 0 Å². The Labute approximate surface area is 191 Å². The summed E-state index contributed by atoms with van der Waals surface area (Å²) in [7, 11) is -3.44. The fourth-order valence-electron chi connectivity index (χ4n) is 3.95. The molecule has 0 spiro atoms. The molecule has 0 unspecified atom stereocenters. The van der Waals surface area contributed by atoms with Gasteiger partial charge in [-0.2, -0.15) is 0 Å². The van der Waals surface area contributed by atoms with Gasteiger partial charge in [0.15, 0.2) is 15.0 Å². The van der Waals surface area contributed by atoms with Crippen molar-refractivity contribution in [1.82, 2.24) is 4.98 Å². The van der Waals surface area contributed by atoms with Crippen LogP contribution < -0.4 is 4.90 Å². The van der Waals surface area contributed by atoms with E-state index in [-0.39, 0.29) is 9.92 Å². The Morgan fingerprint density at radius 2 is 1.70 bits per heavy atom. The van der Waals surface area contributed by atoms with Gasteiger partial charge in [-0.3, -0.25) is 0 Å². The topological polar surface area (TPSA) is 50.3 Å². The van der Waals surface area contributed by atoms with Crippen LogP contribution in [0.25, 0.3) is 11.3 Å². The summed E-state index contributed by atoms with van der Waals surface area (Å²) in [6.45, 7) is 5.51. The molecule has 0 amide bonds. The highest BCUT2D eigenvalue weighted by molar-refractivity contribution is 7.92. The summed E-state index contributed by atoms with van der Waals surface area (Å²) in [6, 6.07) is 10.8. The molecule has 2 aromatic carbocycles. The fourth-order valence-corrected chi connectivity index (χ4v) is 6.94. The number of hydrogen-bond acceptors (Lipinski definition) is 5. The van der Waals surface area contributed by atoms with Gasteiger partial charge in [0.25, 0.3) is 0 Å². The maximum absolute atomic E-state index is 13.0. The summed E-state index contributed by atoms with van der Waals surface area (Å²) >= 11 is 13.6. The summed E-state index contributed by atoms with van der Waals surface area (Å²) in [5, 5.41) is 3.22. The lowest BCUT2D eigenvalue weighted by Crippen LogP contribution is -2.39. The second kappa shape index (κ2) is 8.50. The molecule has 158 valence electrons. The molecule has 1 aliphatic heterocycles. The third-order valence-corrected chi connectivity index (χ3v) is 9.50. The van der Waals surface area contributed by atoms with Gasteiger partial charge in [0, 0.05) is 24.0 Å². The molecule has 2 heterocycles. The molecule has 1 saturated heterocycles. The van der Waals surface area contributed by atoms with Crippen LogP contribution in [-0.4, -0.2) is 31.7 Å². The maximum atomic E-state index is 13.0. The van der Waals surface area contributed by atoms with Crippen LogP contribution in [0.1, 0.15) is 24.0 Å². The third-order valence-electron chi connectivity index (χ3n) is 5.60. The molecule has 1 aliphatic rings. The monoisotopic (exact) mass is 480 g/mol. The molecule has 0 saturated carbocycles. The number of piperidine rings is 1. The first-order chi connectivity index (χ1) is 14.3.